The number of carbonyl (C=O) groups excluding carboxylic acids is 1. The Balaban J connectivity index is 2.45. The van der Waals surface area contributed by atoms with Crippen molar-refractivity contribution in [3.8, 4) is 0 Å². The monoisotopic (exact) mass is 168 g/mol. The van der Waals surface area contributed by atoms with Crippen LogP contribution < -0.4 is 0 Å². The number of nitrogens with zero attached hydrogens (tertiary/aromatic N) is 2. The second-order valence-electron chi connectivity index (χ2n) is 2.76. The summed E-state index contributed by atoms with van der Waals surface area (Å²) in [5, 5.41) is 0. The van der Waals surface area contributed by atoms with Crippen molar-refractivity contribution in [2.45, 2.75) is 25.9 Å². The molecule has 0 saturated carbocycles. The van der Waals surface area contributed by atoms with Crippen LogP contribution in [-0.2, 0) is 9.53 Å². The molecule has 0 radical (unpaired) electrons. The van der Waals surface area contributed by atoms with Crippen LogP contribution in [0.4, 0.5) is 0 Å². The molecular weight excluding hydrogens is 156 g/mol. The molecule has 66 valence electrons. The highest BCUT2D eigenvalue weighted by Crippen LogP contribution is 2.19. The fraction of sp³-hybridized carbons (Fsp3) is 0.625. The second kappa shape index (κ2) is 3.47. The molecule has 0 saturated heterocycles. The zero-order valence-corrected chi connectivity index (χ0v) is 7.28. The van der Waals surface area contributed by atoms with Crippen molar-refractivity contribution in [1.29, 1.82) is 0 Å². The van der Waals surface area contributed by atoms with Gasteiger partial charge in [0.25, 0.3) is 0 Å². The van der Waals surface area contributed by atoms with Crippen LogP contribution in [0.1, 0.15) is 20.3 Å². The molecule has 12 heavy (non-hydrogen) atoms. The van der Waals surface area contributed by atoms with Crippen molar-refractivity contribution in [3.05, 3.63) is 0 Å². The van der Waals surface area contributed by atoms with Crippen molar-refractivity contribution >= 4 is 18.4 Å². The van der Waals surface area contributed by atoms with Crippen LogP contribution in [0.25, 0.3) is 0 Å². The van der Waals surface area contributed by atoms with E-state index in [0.717, 1.165) is 0 Å². The molecule has 4 heteroatoms. The average molecular weight is 168 g/mol. The van der Waals surface area contributed by atoms with Crippen LogP contribution >= 0.6 is 0 Å². The first-order chi connectivity index (χ1) is 5.66. The molecule has 0 bridgehead atoms. The third kappa shape index (κ3) is 2.15. The van der Waals surface area contributed by atoms with Gasteiger partial charge in [0.05, 0.1) is 13.0 Å². The minimum Gasteiger partial charge on any atom is -0.466 e. The first kappa shape index (κ1) is 8.90. The number of hydrogen-bond donors (Lipinski definition) is 0. The van der Waals surface area contributed by atoms with Crippen LogP contribution in [0.2, 0.25) is 0 Å². The third-order valence-electron chi connectivity index (χ3n) is 1.56. The number of ether oxygens (including phenoxy) is 1. The van der Waals surface area contributed by atoms with Gasteiger partial charge in [-0.25, -0.2) is 0 Å². The van der Waals surface area contributed by atoms with Gasteiger partial charge in [0.15, 0.2) is 5.66 Å². The molecule has 0 aliphatic carbocycles. The molecule has 0 atom stereocenters. The fourth-order valence-electron chi connectivity index (χ4n) is 0.998. The number of hydrogen-bond acceptors (Lipinski definition) is 4. The summed E-state index contributed by atoms with van der Waals surface area (Å²) in [6.07, 6.45) is 3.41. The van der Waals surface area contributed by atoms with Crippen LogP contribution in [0.3, 0.4) is 0 Å². The Morgan fingerprint density at radius 3 is 2.58 bits per heavy atom. The lowest BCUT2D eigenvalue weighted by molar-refractivity contribution is -0.144. The van der Waals surface area contributed by atoms with Gasteiger partial charge in [0, 0.05) is 12.4 Å². The highest BCUT2D eigenvalue weighted by molar-refractivity contribution is 6.17. The average Bonchev–Trinajstić information content (AvgIpc) is 2.36. The fourth-order valence-corrected chi connectivity index (χ4v) is 0.998. The van der Waals surface area contributed by atoms with E-state index in [4.69, 9.17) is 4.74 Å². The SMILES string of the molecule is CCOC(=O)CC1(C)N=CC=N1. The Morgan fingerprint density at radius 1 is 1.50 bits per heavy atom. The van der Waals surface area contributed by atoms with Crippen LogP contribution in [-0.4, -0.2) is 30.7 Å². The zero-order chi connectivity index (χ0) is 9.03. The van der Waals surface area contributed by atoms with Crippen molar-refractivity contribution < 1.29 is 9.53 Å². The molecular formula is C8H12N2O2. The standard InChI is InChI=1S/C8H12N2O2/c1-3-12-7(11)6-8(2)9-4-5-10-8/h4-5H,3,6H2,1-2H3. The lowest BCUT2D eigenvalue weighted by Gasteiger charge is -2.15. The summed E-state index contributed by atoms with van der Waals surface area (Å²) in [5.41, 5.74) is -0.619. The predicted molar refractivity (Wildman–Crippen MR) is 46.6 cm³/mol. The number of carbonyl (C=O) groups is 1. The van der Waals surface area contributed by atoms with E-state index in [1.807, 2.05) is 0 Å². The third-order valence-corrected chi connectivity index (χ3v) is 1.56. The van der Waals surface area contributed by atoms with E-state index in [9.17, 15) is 4.79 Å². The summed E-state index contributed by atoms with van der Waals surface area (Å²) in [6, 6.07) is 0. The number of esters is 1. The molecule has 0 unspecified atom stereocenters. The molecule has 0 fully saturated rings. The molecule has 1 aliphatic rings. The summed E-state index contributed by atoms with van der Waals surface area (Å²) in [5.74, 6) is -0.254. The Kier molecular flexibility index (Phi) is 2.58. The molecule has 0 amide bonds. The van der Waals surface area contributed by atoms with E-state index in [0.29, 0.717) is 6.61 Å². The highest BCUT2D eigenvalue weighted by atomic mass is 16.5. The van der Waals surface area contributed by atoms with E-state index < -0.39 is 5.66 Å². The van der Waals surface area contributed by atoms with Gasteiger partial charge in [-0.3, -0.25) is 14.8 Å². The Hall–Kier alpha value is -1.19. The predicted octanol–water partition coefficient (Wildman–Crippen LogP) is 0.811. The normalized spacial score (nSPS) is 18.2. The van der Waals surface area contributed by atoms with Crippen molar-refractivity contribution in [1.82, 2.24) is 0 Å². The van der Waals surface area contributed by atoms with Crippen molar-refractivity contribution in [3.63, 3.8) is 0 Å². The lowest BCUT2D eigenvalue weighted by atomic mass is 10.1. The molecule has 1 heterocycles. The van der Waals surface area contributed by atoms with Gasteiger partial charge < -0.3 is 4.74 Å². The number of rotatable bonds is 3. The first-order valence-corrected chi connectivity index (χ1v) is 3.91. The molecule has 1 rings (SSSR count). The molecule has 0 spiro atoms. The van der Waals surface area contributed by atoms with Gasteiger partial charge in [-0.15, -0.1) is 0 Å². The molecule has 0 N–H and O–H groups in total. The van der Waals surface area contributed by atoms with Crippen molar-refractivity contribution in [2.75, 3.05) is 6.61 Å². The molecule has 0 aromatic heterocycles. The largest absolute Gasteiger partial charge is 0.466 e. The van der Waals surface area contributed by atoms with E-state index in [1.54, 1.807) is 26.3 Å². The molecule has 1 aliphatic heterocycles. The summed E-state index contributed by atoms with van der Waals surface area (Å²) in [7, 11) is 0. The zero-order valence-electron chi connectivity index (χ0n) is 7.28. The topological polar surface area (TPSA) is 51.0 Å². The maximum absolute atomic E-state index is 11.0. The second-order valence-corrected chi connectivity index (χ2v) is 2.76. The van der Waals surface area contributed by atoms with E-state index in [1.165, 1.54) is 0 Å². The quantitative estimate of drug-likeness (QED) is 0.585. The maximum Gasteiger partial charge on any atom is 0.310 e. The molecule has 0 aromatic carbocycles. The van der Waals surface area contributed by atoms with Gasteiger partial charge in [0.2, 0.25) is 0 Å². The summed E-state index contributed by atoms with van der Waals surface area (Å²) >= 11 is 0. The van der Waals surface area contributed by atoms with Gasteiger partial charge in [-0.1, -0.05) is 0 Å². The van der Waals surface area contributed by atoms with E-state index in [-0.39, 0.29) is 12.4 Å². The Labute approximate surface area is 71.4 Å². The van der Waals surface area contributed by atoms with Gasteiger partial charge >= 0.3 is 5.97 Å². The van der Waals surface area contributed by atoms with Crippen LogP contribution in [0, 0.1) is 0 Å². The minimum atomic E-state index is -0.619. The lowest BCUT2D eigenvalue weighted by Crippen LogP contribution is -2.22. The van der Waals surface area contributed by atoms with E-state index >= 15 is 0 Å². The summed E-state index contributed by atoms with van der Waals surface area (Å²) in [6.45, 7) is 3.98. The molecule has 0 aromatic rings. The highest BCUT2D eigenvalue weighted by Gasteiger charge is 2.27. The van der Waals surface area contributed by atoms with Crippen LogP contribution in [0.15, 0.2) is 9.98 Å². The Bertz CT molecular complexity index is 221. The minimum absolute atomic E-state index is 0.216. The number of aliphatic imine (C=N–C) groups is 2. The van der Waals surface area contributed by atoms with Crippen LogP contribution in [0.5, 0.6) is 0 Å². The van der Waals surface area contributed by atoms with Gasteiger partial charge in [0.1, 0.15) is 0 Å². The van der Waals surface area contributed by atoms with E-state index in [2.05, 4.69) is 9.98 Å². The maximum atomic E-state index is 11.0. The molecule has 4 nitrogen and oxygen atoms in total. The smallest absolute Gasteiger partial charge is 0.310 e. The van der Waals surface area contributed by atoms with Gasteiger partial charge in [-0.05, 0) is 13.8 Å². The summed E-state index contributed by atoms with van der Waals surface area (Å²) in [4.78, 5) is 19.1. The Morgan fingerprint density at radius 2 is 2.08 bits per heavy atom. The van der Waals surface area contributed by atoms with Gasteiger partial charge in [-0.2, -0.15) is 0 Å². The first-order valence-electron chi connectivity index (χ1n) is 3.91. The van der Waals surface area contributed by atoms with Crippen molar-refractivity contribution in [2.24, 2.45) is 9.98 Å². The summed E-state index contributed by atoms with van der Waals surface area (Å²) < 4.78 is 4.78.